The third-order valence-corrected chi connectivity index (χ3v) is 4.72. The Bertz CT molecular complexity index is 495. The van der Waals surface area contributed by atoms with Crippen LogP contribution in [0.5, 0.6) is 0 Å². The van der Waals surface area contributed by atoms with Crippen molar-refractivity contribution in [1.29, 1.82) is 0 Å². The van der Waals surface area contributed by atoms with Crippen molar-refractivity contribution in [3.63, 3.8) is 0 Å². The van der Waals surface area contributed by atoms with Crippen molar-refractivity contribution in [2.75, 3.05) is 6.61 Å². The van der Waals surface area contributed by atoms with Crippen molar-refractivity contribution < 1.29 is 9.53 Å². The Kier molecular flexibility index (Phi) is 3.93. The van der Waals surface area contributed by atoms with Crippen LogP contribution in [-0.2, 0) is 23.1 Å². The molecule has 1 fully saturated rings. The second-order valence-electron chi connectivity index (χ2n) is 6.13. The molecule has 1 aliphatic rings. The summed E-state index contributed by atoms with van der Waals surface area (Å²) in [5, 5.41) is 2.95. The molecular formula is C15H25N3O2. The highest BCUT2D eigenvalue weighted by molar-refractivity contribution is 5.88. The molecule has 0 aromatic carbocycles. The van der Waals surface area contributed by atoms with Gasteiger partial charge in [0, 0.05) is 37.4 Å². The maximum Gasteiger partial charge on any atom is 0.241 e. The van der Waals surface area contributed by atoms with Crippen LogP contribution in [0.25, 0.3) is 0 Å². The molecule has 1 aliphatic carbocycles. The monoisotopic (exact) mass is 279 g/mol. The molecule has 0 bridgehead atoms. The van der Waals surface area contributed by atoms with Gasteiger partial charge >= 0.3 is 0 Å². The predicted octanol–water partition coefficient (Wildman–Crippen LogP) is 1.17. The van der Waals surface area contributed by atoms with E-state index in [4.69, 9.17) is 10.5 Å². The first-order valence-corrected chi connectivity index (χ1v) is 7.12. The van der Waals surface area contributed by atoms with Crippen LogP contribution >= 0.6 is 0 Å². The first-order chi connectivity index (χ1) is 9.33. The van der Waals surface area contributed by atoms with Crippen LogP contribution < -0.4 is 11.1 Å². The Balaban J connectivity index is 1.98. The van der Waals surface area contributed by atoms with E-state index in [-0.39, 0.29) is 17.4 Å². The Labute approximate surface area is 120 Å². The summed E-state index contributed by atoms with van der Waals surface area (Å²) in [5.74, 6) is -0.0975. The van der Waals surface area contributed by atoms with Crippen LogP contribution in [0.3, 0.4) is 0 Å². The van der Waals surface area contributed by atoms with Gasteiger partial charge < -0.3 is 20.4 Å². The number of hydrogen-bond acceptors (Lipinski definition) is 3. The number of ether oxygens (including phenoxy) is 1. The number of rotatable bonds is 5. The summed E-state index contributed by atoms with van der Waals surface area (Å²) in [4.78, 5) is 12.4. The van der Waals surface area contributed by atoms with E-state index in [1.165, 1.54) is 0 Å². The molecule has 0 aliphatic heterocycles. The smallest absolute Gasteiger partial charge is 0.241 e. The van der Waals surface area contributed by atoms with Gasteiger partial charge in [-0.2, -0.15) is 0 Å². The lowest BCUT2D eigenvalue weighted by Crippen LogP contribution is -2.75. The molecule has 3 N–H and O–H groups in total. The maximum absolute atomic E-state index is 12.4. The fourth-order valence-corrected chi connectivity index (χ4v) is 2.83. The molecule has 5 nitrogen and oxygen atoms in total. The summed E-state index contributed by atoms with van der Waals surface area (Å²) in [7, 11) is 1.96. The van der Waals surface area contributed by atoms with Gasteiger partial charge in [0.15, 0.2) is 0 Å². The normalized spacial score (nSPS) is 27.9. The standard InChI is InChI=1S/C15H25N3O2/c1-5-20-12-9-15(16,14(12,2)3)13(19)17-10-11-7-6-8-18(11)4/h6-8,12H,5,9-10,16H2,1-4H3,(H,17,19). The van der Waals surface area contributed by atoms with E-state index in [1.54, 1.807) is 0 Å². The Morgan fingerprint density at radius 2 is 2.30 bits per heavy atom. The van der Waals surface area contributed by atoms with Crippen LogP contribution in [-0.4, -0.2) is 28.7 Å². The largest absolute Gasteiger partial charge is 0.378 e. The Hall–Kier alpha value is -1.33. The third-order valence-electron chi connectivity index (χ3n) is 4.72. The zero-order valence-corrected chi connectivity index (χ0v) is 12.8. The summed E-state index contributed by atoms with van der Waals surface area (Å²) in [6, 6.07) is 3.94. The van der Waals surface area contributed by atoms with Gasteiger partial charge in [-0.1, -0.05) is 13.8 Å². The second kappa shape index (κ2) is 5.22. The zero-order valence-electron chi connectivity index (χ0n) is 12.8. The van der Waals surface area contributed by atoms with Gasteiger partial charge in [-0.3, -0.25) is 4.79 Å². The second-order valence-corrected chi connectivity index (χ2v) is 6.13. The van der Waals surface area contributed by atoms with E-state index in [1.807, 2.05) is 50.7 Å². The summed E-state index contributed by atoms with van der Waals surface area (Å²) in [6.07, 6.45) is 2.59. The lowest BCUT2D eigenvalue weighted by Gasteiger charge is -2.57. The summed E-state index contributed by atoms with van der Waals surface area (Å²) < 4.78 is 7.63. The van der Waals surface area contributed by atoms with Gasteiger partial charge in [0.1, 0.15) is 5.54 Å². The average molecular weight is 279 g/mol. The minimum absolute atomic E-state index is 0.0540. The van der Waals surface area contributed by atoms with Gasteiger partial charge in [0.05, 0.1) is 12.6 Å². The van der Waals surface area contributed by atoms with Crippen molar-refractivity contribution in [3.8, 4) is 0 Å². The van der Waals surface area contributed by atoms with E-state index in [0.717, 1.165) is 5.69 Å². The van der Waals surface area contributed by atoms with E-state index in [0.29, 0.717) is 19.6 Å². The van der Waals surface area contributed by atoms with Crippen LogP contribution in [0.1, 0.15) is 32.9 Å². The highest BCUT2D eigenvalue weighted by Crippen LogP contribution is 2.49. The zero-order chi connectivity index (χ0) is 15.0. The molecule has 2 atom stereocenters. The van der Waals surface area contributed by atoms with Crippen molar-refractivity contribution in [2.24, 2.45) is 18.2 Å². The Morgan fingerprint density at radius 3 is 2.80 bits per heavy atom. The number of amides is 1. The number of carbonyl (C=O) groups excluding carboxylic acids is 1. The van der Waals surface area contributed by atoms with Gasteiger partial charge in [-0.25, -0.2) is 0 Å². The van der Waals surface area contributed by atoms with Crippen LogP contribution in [0.2, 0.25) is 0 Å². The van der Waals surface area contributed by atoms with Gasteiger partial charge in [-0.15, -0.1) is 0 Å². The number of aromatic nitrogens is 1. The fourth-order valence-electron chi connectivity index (χ4n) is 2.83. The number of nitrogens with two attached hydrogens (primary N) is 1. The molecule has 1 aromatic rings. The highest BCUT2D eigenvalue weighted by atomic mass is 16.5. The number of nitrogens with one attached hydrogen (secondary N) is 1. The van der Waals surface area contributed by atoms with E-state index < -0.39 is 5.54 Å². The molecule has 0 saturated heterocycles. The topological polar surface area (TPSA) is 69.3 Å². The molecule has 1 amide bonds. The average Bonchev–Trinajstić information content (AvgIpc) is 2.81. The first-order valence-electron chi connectivity index (χ1n) is 7.12. The maximum atomic E-state index is 12.4. The molecule has 1 aromatic heterocycles. The lowest BCUT2D eigenvalue weighted by molar-refractivity contribution is -0.170. The van der Waals surface area contributed by atoms with E-state index in [2.05, 4.69) is 5.32 Å². The van der Waals surface area contributed by atoms with Crippen molar-refractivity contribution in [3.05, 3.63) is 24.0 Å². The number of hydrogen-bond donors (Lipinski definition) is 2. The SMILES string of the molecule is CCOC1CC(N)(C(=O)NCc2cccn2C)C1(C)C. The molecular weight excluding hydrogens is 254 g/mol. The molecule has 20 heavy (non-hydrogen) atoms. The van der Waals surface area contributed by atoms with E-state index in [9.17, 15) is 4.79 Å². The van der Waals surface area contributed by atoms with Gasteiger partial charge in [0.2, 0.25) is 5.91 Å². The highest BCUT2D eigenvalue weighted by Gasteiger charge is 2.62. The minimum atomic E-state index is -0.849. The van der Waals surface area contributed by atoms with Crippen molar-refractivity contribution in [1.82, 2.24) is 9.88 Å². The number of nitrogens with zero attached hydrogens (tertiary/aromatic N) is 1. The summed E-state index contributed by atoms with van der Waals surface area (Å²) in [6.45, 7) is 7.10. The fraction of sp³-hybridized carbons (Fsp3) is 0.667. The molecule has 1 saturated carbocycles. The molecule has 2 rings (SSSR count). The first kappa shape index (κ1) is 15.1. The van der Waals surface area contributed by atoms with Crippen LogP contribution in [0, 0.1) is 5.41 Å². The van der Waals surface area contributed by atoms with Crippen molar-refractivity contribution >= 4 is 5.91 Å². The third kappa shape index (κ3) is 2.25. The van der Waals surface area contributed by atoms with Gasteiger partial charge in [-0.05, 0) is 19.1 Å². The van der Waals surface area contributed by atoms with Crippen molar-refractivity contribution in [2.45, 2.75) is 45.4 Å². The lowest BCUT2D eigenvalue weighted by atomic mass is 9.54. The van der Waals surface area contributed by atoms with E-state index >= 15 is 0 Å². The quantitative estimate of drug-likeness (QED) is 0.850. The minimum Gasteiger partial charge on any atom is -0.378 e. The summed E-state index contributed by atoms with van der Waals surface area (Å²) >= 11 is 0. The predicted molar refractivity (Wildman–Crippen MR) is 78.0 cm³/mol. The molecule has 0 spiro atoms. The number of carbonyl (C=O) groups is 1. The van der Waals surface area contributed by atoms with Gasteiger partial charge in [0.25, 0.3) is 0 Å². The molecule has 112 valence electrons. The molecule has 2 unspecified atom stereocenters. The molecule has 5 heteroatoms. The van der Waals surface area contributed by atoms with Crippen LogP contribution in [0.4, 0.5) is 0 Å². The van der Waals surface area contributed by atoms with Crippen LogP contribution in [0.15, 0.2) is 18.3 Å². The molecule has 1 heterocycles. The number of aryl methyl sites for hydroxylation is 1. The summed E-state index contributed by atoms with van der Waals surface area (Å²) in [5.41, 5.74) is 6.18. The Morgan fingerprint density at radius 1 is 1.60 bits per heavy atom. The molecule has 0 radical (unpaired) electrons.